The van der Waals surface area contributed by atoms with Gasteiger partial charge in [-0.15, -0.1) is 0 Å². The van der Waals surface area contributed by atoms with Gasteiger partial charge in [-0.3, -0.25) is 4.79 Å². The molecule has 0 spiro atoms. The number of hydrogen-bond acceptors (Lipinski definition) is 3. The Balaban J connectivity index is 2.57. The van der Waals surface area contributed by atoms with Gasteiger partial charge in [0, 0.05) is 19.0 Å². The lowest BCUT2D eigenvalue weighted by molar-refractivity contribution is -0.117. The zero-order valence-corrected chi connectivity index (χ0v) is 11.8. The van der Waals surface area contributed by atoms with Gasteiger partial charge in [0.05, 0.1) is 7.11 Å². The molecule has 18 heavy (non-hydrogen) atoms. The molecule has 1 unspecified atom stereocenters. The van der Waals surface area contributed by atoms with Crippen LogP contribution >= 0.6 is 0 Å². The highest BCUT2D eigenvalue weighted by atomic mass is 16.5. The van der Waals surface area contributed by atoms with Crippen molar-refractivity contribution >= 4 is 5.78 Å². The van der Waals surface area contributed by atoms with E-state index in [2.05, 4.69) is 24.9 Å². The number of carbonyl (C=O) groups excluding carboxylic acids is 1. The maximum Gasteiger partial charge on any atom is 0.131 e. The van der Waals surface area contributed by atoms with E-state index >= 15 is 0 Å². The Morgan fingerprint density at radius 2 is 2.06 bits per heavy atom. The summed E-state index contributed by atoms with van der Waals surface area (Å²) in [5.74, 6) is 1.18. The minimum absolute atomic E-state index is 0.242. The maximum atomic E-state index is 11.0. The minimum atomic E-state index is 0.242. The van der Waals surface area contributed by atoms with E-state index in [1.165, 1.54) is 5.56 Å². The van der Waals surface area contributed by atoms with E-state index in [0.29, 0.717) is 12.5 Å². The van der Waals surface area contributed by atoms with Crippen molar-refractivity contribution in [3.05, 3.63) is 29.8 Å². The van der Waals surface area contributed by atoms with E-state index in [-0.39, 0.29) is 5.78 Å². The van der Waals surface area contributed by atoms with Crippen molar-refractivity contribution in [3.8, 4) is 5.75 Å². The second-order valence-corrected chi connectivity index (χ2v) is 4.80. The van der Waals surface area contributed by atoms with Crippen LogP contribution in [0.2, 0.25) is 0 Å². The SMILES string of the molecule is COc1ccccc1CC(C)N(C)CCC(C)=O. The highest BCUT2D eigenvalue weighted by Crippen LogP contribution is 2.20. The molecule has 1 aromatic carbocycles. The normalized spacial score (nSPS) is 12.5. The molecule has 0 fully saturated rings. The largest absolute Gasteiger partial charge is 0.496 e. The summed E-state index contributed by atoms with van der Waals surface area (Å²) in [6.45, 7) is 4.62. The Morgan fingerprint density at radius 3 is 2.67 bits per heavy atom. The zero-order valence-electron chi connectivity index (χ0n) is 11.8. The smallest absolute Gasteiger partial charge is 0.131 e. The zero-order chi connectivity index (χ0) is 13.5. The van der Waals surface area contributed by atoms with E-state index < -0.39 is 0 Å². The van der Waals surface area contributed by atoms with Gasteiger partial charge in [-0.25, -0.2) is 0 Å². The van der Waals surface area contributed by atoms with Gasteiger partial charge in [-0.1, -0.05) is 18.2 Å². The number of benzene rings is 1. The molecule has 1 aromatic rings. The Bertz CT molecular complexity index is 390. The molecule has 1 atom stereocenters. The molecule has 3 heteroatoms. The molecule has 0 bridgehead atoms. The van der Waals surface area contributed by atoms with Gasteiger partial charge in [-0.2, -0.15) is 0 Å². The number of ether oxygens (including phenoxy) is 1. The van der Waals surface area contributed by atoms with Crippen molar-refractivity contribution in [2.24, 2.45) is 0 Å². The lowest BCUT2D eigenvalue weighted by Crippen LogP contribution is -2.32. The molecule has 1 rings (SSSR count). The van der Waals surface area contributed by atoms with Crippen LogP contribution in [0.15, 0.2) is 24.3 Å². The molecule has 0 N–H and O–H groups in total. The molecule has 0 heterocycles. The van der Waals surface area contributed by atoms with Gasteiger partial charge in [0.25, 0.3) is 0 Å². The standard InChI is InChI=1S/C15H23NO2/c1-12(16(3)10-9-13(2)17)11-14-7-5-6-8-15(14)18-4/h5-8,12H,9-11H2,1-4H3. The third-order valence-electron chi connectivity index (χ3n) is 3.28. The number of rotatable bonds is 7. The molecule has 3 nitrogen and oxygen atoms in total. The van der Waals surface area contributed by atoms with Crippen LogP contribution in [-0.4, -0.2) is 37.4 Å². The second-order valence-electron chi connectivity index (χ2n) is 4.80. The summed E-state index contributed by atoms with van der Waals surface area (Å²) >= 11 is 0. The number of methoxy groups -OCH3 is 1. The average Bonchev–Trinajstić information content (AvgIpc) is 2.36. The van der Waals surface area contributed by atoms with Gasteiger partial charge in [0.2, 0.25) is 0 Å². The van der Waals surface area contributed by atoms with Crippen LogP contribution in [0.4, 0.5) is 0 Å². The summed E-state index contributed by atoms with van der Waals surface area (Å²) in [5.41, 5.74) is 1.21. The van der Waals surface area contributed by atoms with Gasteiger partial charge in [0.1, 0.15) is 11.5 Å². The van der Waals surface area contributed by atoms with Crippen LogP contribution in [0.5, 0.6) is 5.75 Å². The fourth-order valence-electron chi connectivity index (χ4n) is 1.90. The van der Waals surface area contributed by atoms with Crippen molar-refractivity contribution in [1.82, 2.24) is 4.90 Å². The Hall–Kier alpha value is -1.35. The Kier molecular flexibility index (Phi) is 5.86. The maximum absolute atomic E-state index is 11.0. The van der Waals surface area contributed by atoms with E-state index in [0.717, 1.165) is 18.7 Å². The lowest BCUT2D eigenvalue weighted by atomic mass is 10.0. The summed E-state index contributed by atoms with van der Waals surface area (Å²) in [5, 5.41) is 0. The number of nitrogens with zero attached hydrogens (tertiary/aromatic N) is 1. The van der Waals surface area contributed by atoms with Crippen LogP contribution in [0.1, 0.15) is 25.8 Å². The predicted molar refractivity (Wildman–Crippen MR) is 74.1 cm³/mol. The molecule has 0 radical (unpaired) electrons. The fraction of sp³-hybridized carbons (Fsp3) is 0.533. The highest BCUT2D eigenvalue weighted by Gasteiger charge is 2.12. The number of hydrogen-bond donors (Lipinski definition) is 0. The predicted octanol–water partition coefficient (Wildman–Crippen LogP) is 2.54. The third kappa shape index (κ3) is 4.49. The van der Waals surface area contributed by atoms with Gasteiger partial charge in [-0.05, 0) is 38.9 Å². The van der Waals surface area contributed by atoms with Crippen LogP contribution < -0.4 is 4.74 Å². The molecule has 0 aliphatic heterocycles. The molecule has 0 aliphatic rings. The van der Waals surface area contributed by atoms with Crippen molar-refractivity contribution in [1.29, 1.82) is 0 Å². The van der Waals surface area contributed by atoms with Gasteiger partial charge in [0.15, 0.2) is 0 Å². The van der Waals surface area contributed by atoms with Crippen molar-refractivity contribution in [2.75, 3.05) is 20.7 Å². The van der Waals surface area contributed by atoms with Crippen molar-refractivity contribution in [2.45, 2.75) is 32.7 Å². The molecule has 100 valence electrons. The monoisotopic (exact) mass is 249 g/mol. The minimum Gasteiger partial charge on any atom is -0.496 e. The molecular weight excluding hydrogens is 226 g/mol. The molecule has 0 amide bonds. The number of likely N-dealkylation sites (N-methyl/N-ethyl adjacent to an activating group) is 1. The van der Waals surface area contributed by atoms with E-state index in [1.807, 2.05) is 18.2 Å². The molecule has 0 saturated heterocycles. The van der Waals surface area contributed by atoms with E-state index in [4.69, 9.17) is 4.74 Å². The molecule has 0 aliphatic carbocycles. The van der Waals surface area contributed by atoms with Gasteiger partial charge >= 0.3 is 0 Å². The first-order valence-corrected chi connectivity index (χ1v) is 6.36. The molecular formula is C15H23NO2. The summed E-state index contributed by atoms with van der Waals surface area (Å²) in [7, 11) is 3.76. The average molecular weight is 249 g/mol. The topological polar surface area (TPSA) is 29.5 Å². The molecule has 0 saturated carbocycles. The number of para-hydroxylation sites is 1. The van der Waals surface area contributed by atoms with Gasteiger partial charge < -0.3 is 9.64 Å². The first-order valence-electron chi connectivity index (χ1n) is 6.36. The van der Waals surface area contributed by atoms with Crippen LogP contribution in [0.25, 0.3) is 0 Å². The first kappa shape index (κ1) is 14.7. The third-order valence-corrected chi connectivity index (χ3v) is 3.28. The van der Waals surface area contributed by atoms with Crippen LogP contribution in [0, 0.1) is 0 Å². The Labute approximate surface area is 110 Å². The summed E-state index contributed by atoms with van der Waals surface area (Å²) in [6.07, 6.45) is 1.55. The Morgan fingerprint density at radius 1 is 1.39 bits per heavy atom. The quantitative estimate of drug-likeness (QED) is 0.743. The van der Waals surface area contributed by atoms with Crippen molar-refractivity contribution < 1.29 is 9.53 Å². The molecule has 0 aromatic heterocycles. The number of ketones is 1. The van der Waals surface area contributed by atoms with Crippen LogP contribution in [0.3, 0.4) is 0 Å². The van der Waals surface area contributed by atoms with E-state index in [1.54, 1.807) is 14.0 Å². The number of Topliss-reactive ketones (excluding diaryl/α,β-unsaturated/α-hetero) is 1. The summed E-state index contributed by atoms with van der Waals surface area (Å²) in [4.78, 5) is 13.2. The fourth-order valence-corrected chi connectivity index (χ4v) is 1.90. The second kappa shape index (κ2) is 7.17. The number of carbonyl (C=O) groups is 1. The van der Waals surface area contributed by atoms with Crippen LogP contribution in [-0.2, 0) is 11.2 Å². The van der Waals surface area contributed by atoms with Crippen molar-refractivity contribution in [3.63, 3.8) is 0 Å². The lowest BCUT2D eigenvalue weighted by Gasteiger charge is -2.25. The summed E-state index contributed by atoms with van der Waals surface area (Å²) < 4.78 is 5.35. The van der Waals surface area contributed by atoms with E-state index in [9.17, 15) is 4.79 Å². The first-order chi connectivity index (χ1) is 8.54. The summed E-state index contributed by atoms with van der Waals surface area (Å²) in [6, 6.07) is 8.47. The highest BCUT2D eigenvalue weighted by molar-refractivity contribution is 5.75.